The number of nitrogens with two attached hydrogens (primary N) is 1. The number of benzene rings is 1. The van der Waals surface area contributed by atoms with Crippen molar-refractivity contribution in [2.75, 3.05) is 26.8 Å². The fourth-order valence-corrected chi connectivity index (χ4v) is 2.70. The largest absolute Gasteiger partial charge is 0.493 e. The first-order chi connectivity index (χ1) is 12.8. The molecule has 1 saturated heterocycles. The predicted molar refractivity (Wildman–Crippen MR) is 88.4 cm³/mol. The maximum atomic E-state index is 12.3. The van der Waals surface area contributed by atoms with Gasteiger partial charge in [0, 0.05) is 19.0 Å². The van der Waals surface area contributed by atoms with Crippen molar-refractivity contribution in [1.82, 2.24) is 4.90 Å². The van der Waals surface area contributed by atoms with Crippen LogP contribution in [0.25, 0.3) is 0 Å². The molecule has 148 valence electrons. The van der Waals surface area contributed by atoms with Crippen molar-refractivity contribution < 1.29 is 37.4 Å². The lowest BCUT2D eigenvalue weighted by Gasteiger charge is -2.30. The maximum Gasteiger partial charge on any atom is 0.387 e. The molecule has 2 amide bonds. The summed E-state index contributed by atoms with van der Waals surface area (Å²) in [6, 6.07) is 3.56. The van der Waals surface area contributed by atoms with Crippen LogP contribution in [-0.4, -0.2) is 56.1 Å². The molecule has 27 heavy (non-hydrogen) atoms. The maximum absolute atomic E-state index is 12.3. The van der Waals surface area contributed by atoms with Gasteiger partial charge in [0.15, 0.2) is 18.1 Å². The lowest BCUT2D eigenvalue weighted by atomic mass is 9.96. The first kappa shape index (κ1) is 20.4. The zero-order chi connectivity index (χ0) is 20.0. The van der Waals surface area contributed by atoms with Gasteiger partial charge in [0.25, 0.3) is 5.91 Å². The Morgan fingerprint density at radius 3 is 2.44 bits per heavy atom. The molecular weight excluding hydrogens is 366 g/mol. The van der Waals surface area contributed by atoms with Crippen LogP contribution >= 0.6 is 0 Å². The molecule has 1 aromatic rings. The van der Waals surface area contributed by atoms with Crippen LogP contribution in [0.1, 0.15) is 23.2 Å². The molecule has 0 aromatic heterocycles. The number of likely N-dealkylation sites (tertiary alicyclic amines) is 1. The quantitative estimate of drug-likeness (QED) is 0.705. The van der Waals surface area contributed by atoms with E-state index < -0.39 is 25.1 Å². The van der Waals surface area contributed by atoms with E-state index in [-0.39, 0.29) is 28.9 Å². The van der Waals surface area contributed by atoms with E-state index in [2.05, 4.69) is 4.74 Å². The number of amides is 2. The molecular formula is C17H20F2N2O6. The molecule has 0 radical (unpaired) electrons. The van der Waals surface area contributed by atoms with E-state index in [4.69, 9.17) is 15.2 Å². The van der Waals surface area contributed by atoms with Crippen molar-refractivity contribution in [2.24, 2.45) is 11.7 Å². The highest BCUT2D eigenvalue weighted by molar-refractivity contribution is 5.92. The Labute approximate surface area is 154 Å². The van der Waals surface area contributed by atoms with Crippen molar-refractivity contribution in [1.29, 1.82) is 0 Å². The summed E-state index contributed by atoms with van der Waals surface area (Å²) < 4.78 is 38.8. The number of esters is 1. The van der Waals surface area contributed by atoms with Crippen LogP contribution in [0, 0.1) is 5.92 Å². The molecule has 2 rings (SSSR count). The van der Waals surface area contributed by atoms with Gasteiger partial charge in [-0.25, -0.2) is 4.79 Å². The number of carbonyl (C=O) groups excluding carboxylic acids is 3. The minimum Gasteiger partial charge on any atom is -0.493 e. The van der Waals surface area contributed by atoms with E-state index in [1.807, 2.05) is 0 Å². The normalized spacial score (nSPS) is 14.7. The molecule has 8 nitrogen and oxygen atoms in total. The van der Waals surface area contributed by atoms with Crippen molar-refractivity contribution in [3.63, 3.8) is 0 Å². The van der Waals surface area contributed by atoms with Crippen LogP contribution in [-0.2, 0) is 14.3 Å². The average molecular weight is 386 g/mol. The summed E-state index contributed by atoms with van der Waals surface area (Å²) in [5.74, 6) is -2.13. The zero-order valence-corrected chi connectivity index (χ0v) is 14.7. The summed E-state index contributed by atoms with van der Waals surface area (Å²) in [5, 5.41) is 0. The van der Waals surface area contributed by atoms with Gasteiger partial charge in [-0.2, -0.15) is 8.78 Å². The van der Waals surface area contributed by atoms with Crippen molar-refractivity contribution in [3.8, 4) is 11.5 Å². The molecule has 1 aliphatic heterocycles. The second-order valence-electron chi connectivity index (χ2n) is 5.88. The number of piperidine rings is 1. The predicted octanol–water partition coefficient (Wildman–Crippen LogP) is 1.18. The number of alkyl halides is 2. The highest BCUT2D eigenvalue weighted by Crippen LogP contribution is 2.29. The average Bonchev–Trinajstić information content (AvgIpc) is 2.65. The number of methoxy groups -OCH3 is 1. The molecule has 1 aliphatic rings. The van der Waals surface area contributed by atoms with Crippen LogP contribution < -0.4 is 15.2 Å². The van der Waals surface area contributed by atoms with Gasteiger partial charge >= 0.3 is 12.6 Å². The van der Waals surface area contributed by atoms with E-state index in [9.17, 15) is 23.2 Å². The van der Waals surface area contributed by atoms with Gasteiger partial charge in [0.1, 0.15) is 0 Å². The van der Waals surface area contributed by atoms with Crippen LogP contribution in [0.4, 0.5) is 8.78 Å². The van der Waals surface area contributed by atoms with Crippen LogP contribution in [0.3, 0.4) is 0 Å². The van der Waals surface area contributed by atoms with Gasteiger partial charge in [-0.1, -0.05) is 0 Å². The van der Waals surface area contributed by atoms with Gasteiger partial charge in [-0.3, -0.25) is 9.59 Å². The summed E-state index contributed by atoms with van der Waals surface area (Å²) >= 11 is 0. The second-order valence-corrected chi connectivity index (χ2v) is 5.88. The van der Waals surface area contributed by atoms with Gasteiger partial charge in [0.2, 0.25) is 5.91 Å². The molecule has 10 heteroatoms. The third-order valence-electron chi connectivity index (χ3n) is 4.19. The molecule has 1 fully saturated rings. The first-order valence-corrected chi connectivity index (χ1v) is 8.19. The number of ether oxygens (including phenoxy) is 3. The van der Waals surface area contributed by atoms with E-state index in [1.165, 1.54) is 24.1 Å². The van der Waals surface area contributed by atoms with Gasteiger partial charge < -0.3 is 24.8 Å². The first-order valence-electron chi connectivity index (χ1n) is 8.19. The Hall–Kier alpha value is -2.91. The smallest absolute Gasteiger partial charge is 0.387 e. The second kappa shape index (κ2) is 9.15. The number of carbonyl (C=O) groups is 3. The third kappa shape index (κ3) is 5.53. The summed E-state index contributed by atoms with van der Waals surface area (Å²) in [4.78, 5) is 36.8. The van der Waals surface area contributed by atoms with E-state index in [0.29, 0.717) is 25.9 Å². The topological polar surface area (TPSA) is 108 Å². The molecule has 0 aliphatic carbocycles. The monoisotopic (exact) mass is 386 g/mol. The van der Waals surface area contributed by atoms with Gasteiger partial charge in [-0.15, -0.1) is 0 Å². The Bertz CT molecular complexity index is 705. The highest BCUT2D eigenvalue weighted by atomic mass is 19.3. The van der Waals surface area contributed by atoms with Gasteiger partial charge in [-0.05, 0) is 31.0 Å². The van der Waals surface area contributed by atoms with Crippen molar-refractivity contribution in [2.45, 2.75) is 19.5 Å². The molecule has 0 bridgehead atoms. The molecule has 0 atom stereocenters. The Kier molecular flexibility index (Phi) is 6.91. The van der Waals surface area contributed by atoms with Crippen LogP contribution in [0.2, 0.25) is 0 Å². The third-order valence-corrected chi connectivity index (χ3v) is 4.19. The molecule has 2 N–H and O–H groups in total. The molecule has 0 unspecified atom stereocenters. The molecule has 1 heterocycles. The Balaban J connectivity index is 1.90. The van der Waals surface area contributed by atoms with Gasteiger partial charge in [0.05, 0.1) is 12.7 Å². The molecule has 1 aromatic carbocycles. The number of halogens is 2. The highest BCUT2D eigenvalue weighted by Gasteiger charge is 2.26. The summed E-state index contributed by atoms with van der Waals surface area (Å²) in [6.07, 6.45) is 0.940. The Morgan fingerprint density at radius 1 is 1.22 bits per heavy atom. The fourth-order valence-electron chi connectivity index (χ4n) is 2.70. The standard InChI is InChI=1S/C17H20F2N2O6/c1-25-13-8-11(2-3-12(13)27-17(18)19)16(24)26-9-14(22)21-6-4-10(5-7-21)15(20)23/h2-3,8,10,17H,4-7,9H2,1H3,(H2,20,23). The fraction of sp³-hybridized carbons (Fsp3) is 0.471. The Morgan fingerprint density at radius 2 is 1.89 bits per heavy atom. The minimum absolute atomic E-state index is 0.0219. The van der Waals surface area contributed by atoms with E-state index in [0.717, 1.165) is 6.07 Å². The van der Waals surface area contributed by atoms with Crippen molar-refractivity contribution in [3.05, 3.63) is 23.8 Å². The van der Waals surface area contributed by atoms with Crippen molar-refractivity contribution >= 4 is 17.8 Å². The van der Waals surface area contributed by atoms with E-state index in [1.54, 1.807) is 0 Å². The number of nitrogens with zero attached hydrogens (tertiary/aromatic N) is 1. The lowest BCUT2D eigenvalue weighted by molar-refractivity contribution is -0.137. The molecule has 0 spiro atoms. The minimum atomic E-state index is -3.03. The summed E-state index contributed by atoms with van der Waals surface area (Å²) in [6.45, 7) is -2.79. The number of hydrogen-bond acceptors (Lipinski definition) is 6. The summed E-state index contributed by atoms with van der Waals surface area (Å²) in [5.41, 5.74) is 5.26. The SMILES string of the molecule is COc1cc(C(=O)OCC(=O)N2CCC(C(N)=O)CC2)ccc1OC(F)F. The molecule has 0 saturated carbocycles. The van der Waals surface area contributed by atoms with Crippen LogP contribution in [0.5, 0.6) is 11.5 Å². The van der Waals surface area contributed by atoms with E-state index >= 15 is 0 Å². The number of hydrogen-bond donors (Lipinski definition) is 1. The number of rotatable bonds is 7. The summed E-state index contributed by atoms with van der Waals surface area (Å²) in [7, 11) is 1.24. The zero-order valence-electron chi connectivity index (χ0n) is 14.7. The number of primary amides is 1. The van der Waals surface area contributed by atoms with Crippen LogP contribution in [0.15, 0.2) is 18.2 Å². The lowest BCUT2D eigenvalue weighted by Crippen LogP contribution is -2.43.